The van der Waals surface area contributed by atoms with Crippen LogP contribution in [0.5, 0.6) is 0 Å². The summed E-state index contributed by atoms with van der Waals surface area (Å²) in [6, 6.07) is 1.94. The van der Waals surface area contributed by atoms with Gasteiger partial charge in [-0.2, -0.15) is 0 Å². The van der Waals surface area contributed by atoms with Gasteiger partial charge in [-0.1, -0.05) is 18.3 Å². The minimum atomic E-state index is -0.174. The van der Waals surface area contributed by atoms with E-state index in [2.05, 4.69) is 10.3 Å². The Hall–Kier alpha value is -0.980. The molecule has 0 aliphatic heterocycles. The Kier molecular flexibility index (Phi) is 2.99. The molecule has 3 N–H and O–H groups in total. The van der Waals surface area contributed by atoms with E-state index in [9.17, 15) is 4.79 Å². The van der Waals surface area contributed by atoms with Crippen molar-refractivity contribution in [1.82, 2.24) is 4.98 Å². The highest BCUT2D eigenvalue weighted by Crippen LogP contribution is 2.30. The number of aromatic nitrogens is 1. The summed E-state index contributed by atoms with van der Waals surface area (Å²) in [5.41, 5.74) is 6.35. The first-order valence-corrected chi connectivity index (χ1v) is 6.25. The van der Waals surface area contributed by atoms with Gasteiger partial charge >= 0.3 is 0 Å². The zero-order chi connectivity index (χ0) is 10.8. The Morgan fingerprint density at radius 1 is 1.73 bits per heavy atom. The number of hydrogen-bond acceptors (Lipinski definition) is 5. The van der Waals surface area contributed by atoms with Crippen molar-refractivity contribution in [2.75, 3.05) is 11.9 Å². The zero-order valence-corrected chi connectivity index (χ0v) is 9.82. The monoisotopic (exact) mass is 241 g/mol. The van der Waals surface area contributed by atoms with E-state index in [4.69, 9.17) is 5.73 Å². The van der Waals surface area contributed by atoms with E-state index in [-0.39, 0.29) is 11.8 Å². The summed E-state index contributed by atoms with van der Waals surface area (Å²) in [6.45, 7) is 2.15. The Bertz CT molecular complexity index is 448. The number of thiophene rings is 1. The molecule has 0 bridgehead atoms. The minimum Gasteiger partial charge on any atom is -0.330 e. The van der Waals surface area contributed by atoms with Gasteiger partial charge in [-0.3, -0.25) is 4.79 Å². The van der Waals surface area contributed by atoms with Gasteiger partial charge in [0.05, 0.1) is 5.52 Å². The molecule has 1 amide bonds. The average Bonchev–Trinajstić information content (AvgIpc) is 2.76. The van der Waals surface area contributed by atoms with Crippen molar-refractivity contribution in [2.24, 2.45) is 11.7 Å². The highest BCUT2D eigenvalue weighted by molar-refractivity contribution is 7.39. The molecule has 0 aliphatic carbocycles. The van der Waals surface area contributed by atoms with Gasteiger partial charge in [0, 0.05) is 12.5 Å². The van der Waals surface area contributed by atoms with Crippen LogP contribution in [-0.4, -0.2) is 17.4 Å². The molecule has 1 unspecified atom stereocenters. The second kappa shape index (κ2) is 4.26. The molecule has 0 saturated carbocycles. The number of anilines is 1. The molecule has 80 valence electrons. The summed E-state index contributed by atoms with van der Waals surface area (Å²) >= 11 is 3.12. The molecule has 15 heavy (non-hydrogen) atoms. The lowest BCUT2D eigenvalue weighted by molar-refractivity contribution is -0.119. The maximum atomic E-state index is 11.5. The average molecular weight is 241 g/mol. The first-order chi connectivity index (χ1) is 7.20. The molecular formula is C9H11N3OS2. The van der Waals surface area contributed by atoms with Crippen LogP contribution in [0.4, 0.5) is 5.13 Å². The lowest BCUT2D eigenvalue weighted by atomic mass is 10.2. The number of nitrogens with zero attached hydrogens (tertiary/aromatic N) is 1. The molecule has 2 aromatic rings. The summed E-state index contributed by atoms with van der Waals surface area (Å²) in [5, 5.41) is 5.41. The molecule has 4 nitrogen and oxygen atoms in total. The second-order valence-electron chi connectivity index (χ2n) is 3.24. The molecule has 2 heterocycles. The Labute approximate surface area is 95.1 Å². The van der Waals surface area contributed by atoms with E-state index in [1.165, 1.54) is 11.3 Å². The van der Waals surface area contributed by atoms with Crippen molar-refractivity contribution < 1.29 is 4.79 Å². The van der Waals surface area contributed by atoms with Gasteiger partial charge < -0.3 is 11.1 Å². The number of carbonyl (C=O) groups excluding carboxylic acids is 1. The summed E-state index contributed by atoms with van der Waals surface area (Å²) in [5.74, 6) is -0.245. The third-order valence-electron chi connectivity index (χ3n) is 2.05. The highest BCUT2D eigenvalue weighted by atomic mass is 32.2. The van der Waals surface area contributed by atoms with E-state index in [1.54, 1.807) is 18.3 Å². The molecule has 0 fully saturated rings. The topological polar surface area (TPSA) is 68.0 Å². The smallest absolute Gasteiger partial charge is 0.230 e. The van der Waals surface area contributed by atoms with Gasteiger partial charge in [-0.05, 0) is 11.4 Å². The van der Waals surface area contributed by atoms with Crippen LogP contribution in [0.1, 0.15) is 6.92 Å². The molecule has 2 aromatic heterocycles. The van der Waals surface area contributed by atoms with E-state index >= 15 is 0 Å². The van der Waals surface area contributed by atoms with Crippen molar-refractivity contribution in [3.8, 4) is 0 Å². The normalized spacial score (nSPS) is 12.9. The standard InChI is InChI=1S/C9H11N3OS2/c1-5(4-10)7(13)12-9-11-6-2-3-14-8(6)15-9/h2-3,5H,4,10H2,1H3,(H,11,12,13). The molecule has 6 heteroatoms. The fraction of sp³-hybridized carbons (Fsp3) is 0.333. The molecular weight excluding hydrogens is 230 g/mol. The number of nitrogens with two attached hydrogens (primary N) is 1. The first kappa shape index (κ1) is 10.5. The summed E-state index contributed by atoms with van der Waals surface area (Å²) < 4.78 is 1.13. The van der Waals surface area contributed by atoms with Crippen LogP contribution < -0.4 is 11.1 Å². The Morgan fingerprint density at radius 3 is 3.20 bits per heavy atom. The quantitative estimate of drug-likeness (QED) is 0.862. The molecule has 2 rings (SSSR count). The van der Waals surface area contributed by atoms with Crippen molar-refractivity contribution in [1.29, 1.82) is 0 Å². The van der Waals surface area contributed by atoms with Gasteiger partial charge in [0.1, 0.15) is 4.01 Å². The van der Waals surface area contributed by atoms with Crippen molar-refractivity contribution in [2.45, 2.75) is 6.92 Å². The summed E-state index contributed by atoms with van der Waals surface area (Å²) in [4.78, 5) is 15.8. The van der Waals surface area contributed by atoms with E-state index in [0.29, 0.717) is 11.7 Å². The van der Waals surface area contributed by atoms with Crippen molar-refractivity contribution >= 4 is 43.2 Å². The molecule has 0 saturated heterocycles. The van der Waals surface area contributed by atoms with Crippen molar-refractivity contribution in [3.63, 3.8) is 0 Å². The van der Waals surface area contributed by atoms with Crippen LogP contribution in [0, 0.1) is 5.92 Å². The minimum absolute atomic E-state index is 0.0705. The molecule has 0 aliphatic rings. The van der Waals surface area contributed by atoms with E-state index in [1.807, 2.05) is 11.4 Å². The molecule has 1 atom stereocenters. The second-order valence-corrected chi connectivity index (χ2v) is 5.41. The van der Waals surface area contributed by atoms with E-state index < -0.39 is 0 Å². The largest absolute Gasteiger partial charge is 0.330 e. The number of thiazole rings is 1. The van der Waals surface area contributed by atoms with E-state index in [0.717, 1.165) is 9.53 Å². The van der Waals surface area contributed by atoms with Crippen LogP contribution in [0.3, 0.4) is 0 Å². The predicted octanol–water partition coefficient (Wildman–Crippen LogP) is 1.89. The zero-order valence-electron chi connectivity index (χ0n) is 8.19. The van der Waals surface area contributed by atoms with Crippen LogP contribution in [0.2, 0.25) is 0 Å². The van der Waals surface area contributed by atoms with Crippen LogP contribution in [0.15, 0.2) is 11.4 Å². The third kappa shape index (κ3) is 2.17. The number of rotatable bonds is 3. The van der Waals surface area contributed by atoms with Crippen LogP contribution >= 0.6 is 22.7 Å². The molecule has 0 radical (unpaired) electrons. The summed E-state index contributed by atoms with van der Waals surface area (Å²) in [6.07, 6.45) is 0. The maximum Gasteiger partial charge on any atom is 0.230 e. The molecule has 0 spiro atoms. The summed E-state index contributed by atoms with van der Waals surface area (Å²) in [7, 11) is 0. The predicted molar refractivity (Wildman–Crippen MR) is 64.3 cm³/mol. The van der Waals surface area contributed by atoms with Gasteiger partial charge in [0.15, 0.2) is 5.13 Å². The number of nitrogens with one attached hydrogen (secondary N) is 1. The van der Waals surface area contributed by atoms with Gasteiger partial charge in [0.2, 0.25) is 5.91 Å². The number of fused-ring (bicyclic) bond motifs is 1. The lowest BCUT2D eigenvalue weighted by Gasteiger charge is -2.06. The van der Waals surface area contributed by atoms with Crippen molar-refractivity contribution in [3.05, 3.63) is 11.4 Å². The van der Waals surface area contributed by atoms with Crippen LogP contribution in [0.25, 0.3) is 9.53 Å². The fourth-order valence-electron chi connectivity index (χ4n) is 1.06. The maximum absolute atomic E-state index is 11.5. The molecule has 0 aromatic carbocycles. The number of hydrogen-bond donors (Lipinski definition) is 2. The third-order valence-corrected chi connectivity index (χ3v) is 4.07. The number of carbonyl (C=O) groups is 1. The SMILES string of the molecule is CC(CN)C(=O)Nc1nc2ccsc2s1. The van der Waals surface area contributed by atoms with Gasteiger partial charge in [0.25, 0.3) is 0 Å². The lowest BCUT2D eigenvalue weighted by Crippen LogP contribution is -2.26. The van der Waals surface area contributed by atoms with Gasteiger partial charge in [-0.25, -0.2) is 4.98 Å². The van der Waals surface area contributed by atoms with Gasteiger partial charge in [-0.15, -0.1) is 11.3 Å². The Morgan fingerprint density at radius 2 is 2.53 bits per heavy atom. The fourth-order valence-corrected chi connectivity index (χ4v) is 2.90. The van der Waals surface area contributed by atoms with Crippen LogP contribution in [-0.2, 0) is 4.79 Å². The Balaban J connectivity index is 2.12. The first-order valence-electron chi connectivity index (χ1n) is 4.55. The highest BCUT2D eigenvalue weighted by Gasteiger charge is 2.13. The number of amides is 1.